The maximum absolute atomic E-state index is 12.7. The van der Waals surface area contributed by atoms with Crippen LogP contribution in [0, 0.1) is 5.92 Å². The van der Waals surface area contributed by atoms with Gasteiger partial charge in [-0.25, -0.2) is 0 Å². The van der Waals surface area contributed by atoms with E-state index in [1.54, 1.807) is 6.07 Å². The Kier molecular flexibility index (Phi) is 30.1. The Balaban J connectivity index is -0.00000106. The monoisotopic (exact) mass is 631 g/mol. The molecule has 0 amide bonds. The predicted octanol–water partition coefficient (Wildman–Crippen LogP) is 3.29. The van der Waals surface area contributed by atoms with Crippen molar-refractivity contribution < 1.29 is 76.2 Å². The molecule has 2 rings (SSSR count). The fraction of sp³-hybridized carbons (Fsp3) is 0.706. The van der Waals surface area contributed by atoms with E-state index in [-0.39, 0.29) is 68.9 Å². The number of carbonyl (C=O) groups excluding carboxylic acids is 1. The Hall–Kier alpha value is -0.624. The summed E-state index contributed by atoms with van der Waals surface area (Å²) < 4.78 is 10.6. The largest absolute Gasteiger partial charge is 1.00 e. The van der Waals surface area contributed by atoms with Crippen molar-refractivity contribution in [2.24, 2.45) is 16.6 Å². The molecule has 9 heteroatoms. The summed E-state index contributed by atoms with van der Waals surface area (Å²) in [6.07, 6.45) is 13.2. The minimum Gasteiger partial charge on any atom is -0.835 e. The van der Waals surface area contributed by atoms with Crippen LogP contribution in [0.1, 0.15) is 131 Å². The minimum absolute atomic E-state index is 0. The number of ether oxygens (including phenoxy) is 2. The molecule has 0 heterocycles. The molecule has 1 unspecified atom stereocenters. The van der Waals surface area contributed by atoms with Crippen LogP contribution in [-0.4, -0.2) is 43.5 Å². The summed E-state index contributed by atoms with van der Waals surface area (Å²) in [6.45, 7) is 16.7. The summed E-state index contributed by atoms with van der Waals surface area (Å²) >= 11 is 0. The van der Waals surface area contributed by atoms with E-state index in [2.05, 4.69) is 12.2 Å². The normalized spacial score (nSPS) is 15.0. The maximum Gasteiger partial charge on any atom is 1.00 e. The third-order valence-corrected chi connectivity index (χ3v) is 6.68. The van der Waals surface area contributed by atoms with E-state index in [0.29, 0.717) is 30.3 Å². The van der Waals surface area contributed by atoms with Gasteiger partial charge in [0, 0.05) is 24.9 Å². The van der Waals surface area contributed by atoms with Crippen molar-refractivity contribution in [1.29, 1.82) is 0 Å². The molecule has 0 aliphatic heterocycles. The number of likely N-dealkylation sites (N-methyl/N-ethyl adjacent to an activating group) is 1. The number of rotatable bonds is 14. The number of aliphatic imine (C=N–C) groups is 1. The van der Waals surface area contributed by atoms with Gasteiger partial charge in [-0.2, -0.15) is 0 Å². The molecule has 1 aromatic rings. The van der Waals surface area contributed by atoms with E-state index in [1.165, 1.54) is 57.6 Å². The smallest absolute Gasteiger partial charge is 0.835 e. The first-order valence-corrected chi connectivity index (χ1v) is 15.9. The summed E-state index contributed by atoms with van der Waals surface area (Å²) in [4.78, 5) is 15.6. The molecule has 0 aromatic heterocycles. The van der Waals surface area contributed by atoms with Crippen molar-refractivity contribution in [3.05, 3.63) is 35.5 Å². The zero-order valence-corrected chi connectivity index (χ0v) is 32.2. The van der Waals surface area contributed by atoms with Crippen molar-refractivity contribution in [3.8, 4) is 5.75 Å². The molecule has 1 saturated carbocycles. The molecule has 43 heavy (non-hydrogen) atoms. The third kappa shape index (κ3) is 20.9. The zero-order valence-electron chi connectivity index (χ0n) is 29.1. The fourth-order valence-corrected chi connectivity index (χ4v) is 4.58. The van der Waals surface area contributed by atoms with Crippen molar-refractivity contribution >= 4 is 17.3 Å². The van der Waals surface area contributed by atoms with Crippen LogP contribution in [0.15, 0.2) is 29.4 Å². The van der Waals surface area contributed by atoms with Gasteiger partial charge in [0.1, 0.15) is 12.4 Å². The Morgan fingerprint density at radius 1 is 1.16 bits per heavy atom. The average Bonchev–Trinajstić information content (AvgIpc) is 2.94. The fourth-order valence-electron chi connectivity index (χ4n) is 4.58. The first-order chi connectivity index (χ1) is 19.5. The average molecular weight is 632 g/mol. The van der Waals surface area contributed by atoms with Gasteiger partial charge in [-0.1, -0.05) is 66.4 Å². The molecule has 8 nitrogen and oxygen atoms in total. The molecule has 5 N–H and O–H groups in total. The number of benzene rings is 1. The van der Waals surface area contributed by atoms with Crippen LogP contribution in [0.25, 0.3) is 5.57 Å². The molecular weight excluding hydrogens is 569 g/mol. The van der Waals surface area contributed by atoms with E-state index >= 15 is 0 Å². The number of carbonyl (C=O) groups is 1. The number of nitrogens with two attached hydrogens (primary N) is 1. The van der Waals surface area contributed by atoms with Gasteiger partial charge in [0.2, 0.25) is 0 Å². The van der Waals surface area contributed by atoms with Gasteiger partial charge in [0.15, 0.2) is 0 Å². The first kappa shape index (κ1) is 46.8. The molecule has 0 spiro atoms. The van der Waals surface area contributed by atoms with Crippen molar-refractivity contribution in [2.75, 3.05) is 20.2 Å². The van der Waals surface area contributed by atoms with Crippen LogP contribution < -0.4 is 72.3 Å². The number of allylic oxidation sites excluding steroid dienone is 1. The number of esters is 1. The van der Waals surface area contributed by atoms with Gasteiger partial charge in [-0.3, -0.25) is 9.79 Å². The summed E-state index contributed by atoms with van der Waals surface area (Å²) in [5.41, 5.74) is 7.94. The Morgan fingerprint density at radius 3 is 2.30 bits per heavy atom. The molecular formula is C34H62KN3O5. The second-order valence-corrected chi connectivity index (χ2v) is 10.9. The van der Waals surface area contributed by atoms with Gasteiger partial charge >= 0.3 is 57.4 Å². The van der Waals surface area contributed by atoms with Gasteiger partial charge in [-0.05, 0) is 100 Å². The molecule has 0 radical (unpaired) electrons. The minimum atomic E-state index is -1.70. The van der Waals surface area contributed by atoms with Gasteiger partial charge in [-0.15, -0.1) is 0 Å². The number of hydrogen-bond donors (Lipinski definition) is 2. The van der Waals surface area contributed by atoms with E-state index in [0.717, 1.165) is 30.5 Å². The molecule has 1 atom stereocenters. The van der Waals surface area contributed by atoms with Crippen LogP contribution in [0.2, 0.25) is 0 Å². The number of nitrogens with zero attached hydrogens (tertiary/aromatic N) is 1. The second-order valence-electron chi connectivity index (χ2n) is 10.9. The summed E-state index contributed by atoms with van der Waals surface area (Å²) in [5, 5.41) is 15.7. The number of hydrogen-bond acceptors (Lipinski definition) is 7. The Labute approximate surface area is 305 Å². The summed E-state index contributed by atoms with van der Waals surface area (Å²) in [7, 11) is 1.88. The Morgan fingerprint density at radius 2 is 1.79 bits per heavy atom. The molecule has 1 fully saturated rings. The molecule has 1 aromatic carbocycles. The number of unbranched alkanes of at least 4 members (excludes halogenated alkanes) is 1. The van der Waals surface area contributed by atoms with Crippen molar-refractivity contribution in [1.82, 2.24) is 5.32 Å². The van der Waals surface area contributed by atoms with Crippen LogP contribution in [0.5, 0.6) is 5.75 Å². The standard InChI is InChI=1S/C25H40N3O2.C7H14O2.C2H6.K.H2O/c1-5-6-12-24(20-10-8-7-9-11-20)28-18-19(2)22-14-13-21(30-16-15-27-4)17-23(22)25(3,26)29;1-4-5-7(8)9-6(2)3;1-2;;/h13-14,17-18,20,27H,5-12,15-16,26H2,1-4H3;6H,4-5H2,1-3H3;1-2H3;;1H2/q-1;;;+1;/b19-18+,28-24?;;;;. The summed E-state index contributed by atoms with van der Waals surface area (Å²) in [5.74, 6) is 1.18. The zero-order chi connectivity index (χ0) is 31.3. The summed E-state index contributed by atoms with van der Waals surface area (Å²) in [6, 6.07) is 5.61. The Bertz CT molecular complexity index is 908. The van der Waals surface area contributed by atoms with Crippen LogP contribution >= 0.6 is 0 Å². The van der Waals surface area contributed by atoms with Crippen LogP contribution in [0.4, 0.5) is 0 Å². The van der Waals surface area contributed by atoms with Gasteiger partial charge in [0.25, 0.3) is 0 Å². The van der Waals surface area contributed by atoms with Crippen molar-refractivity contribution in [2.45, 2.75) is 131 Å². The molecule has 0 bridgehead atoms. The first-order valence-electron chi connectivity index (χ1n) is 15.9. The van der Waals surface area contributed by atoms with E-state index < -0.39 is 5.72 Å². The maximum atomic E-state index is 12.7. The van der Waals surface area contributed by atoms with Crippen molar-refractivity contribution in [3.63, 3.8) is 0 Å². The van der Waals surface area contributed by atoms with E-state index in [1.807, 2.05) is 66.9 Å². The SMILES string of the molecule is CC.CCCC(=O)OC(C)C.CCCCC(=N/C=C(\C)c1ccc(OCCNC)cc1C(C)(N)[O-])C1CCCCC1.O.[K+]. The van der Waals surface area contributed by atoms with Gasteiger partial charge < -0.3 is 31.1 Å². The molecule has 0 saturated heterocycles. The van der Waals surface area contributed by atoms with E-state index in [4.69, 9.17) is 20.2 Å². The second kappa shape index (κ2) is 27.7. The van der Waals surface area contributed by atoms with Gasteiger partial charge in [0.05, 0.1) is 6.10 Å². The third-order valence-electron chi connectivity index (χ3n) is 6.68. The molecule has 1 aliphatic rings. The quantitative estimate of drug-likeness (QED) is 0.106. The number of nitrogens with one attached hydrogen (secondary N) is 1. The molecule has 1 aliphatic carbocycles. The van der Waals surface area contributed by atoms with Crippen LogP contribution in [-0.2, 0) is 15.3 Å². The molecule has 244 valence electrons. The topological polar surface area (TPSA) is 140 Å². The van der Waals surface area contributed by atoms with Crippen LogP contribution in [0.3, 0.4) is 0 Å². The predicted molar refractivity (Wildman–Crippen MR) is 176 cm³/mol. The van der Waals surface area contributed by atoms with E-state index in [9.17, 15) is 9.90 Å².